The normalized spacial score (nSPS) is 10.7. The Morgan fingerprint density at radius 1 is 0.889 bits per heavy atom. The standard InChI is InChI=1S/C18H13BrF4O4/c1-7-8(4-11(20)13(15(7)22)17(24)26-2)9-5-12(21)14(18(25)27-3)16(23)10(9)6-19/h4-5H,6H2,1-3H3. The van der Waals surface area contributed by atoms with Crippen molar-refractivity contribution >= 4 is 27.9 Å². The van der Waals surface area contributed by atoms with Gasteiger partial charge in [-0.05, 0) is 35.7 Å². The first-order valence-electron chi connectivity index (χ1n) is 7.41. The number of carbonyl (C=O) groups is 2. The quantitative estimate of drug-likeness (QED) is 0.386. The van der Waals surface area contributed by atoms with Gasteiger partial charge in [-0.1, -0.05) is 15.9 Å². The Morgan fingerprint density at radius 2 is 1.33 bits per heavy atom. The van der Waals surface area contributed by atoms with E-state index in [1.54, 1.807) is 0 Å². The van der Waals surface area contributed by atoms with E-state index in [0.717, 1.165) is 26.4 Å². The van der Waals surface area contributed by atoms with Gasteiger partial charge in [-0.15, -0.1) is 0 Å². The summed E-state index contributed by atoms with van der Waals surface area (Å²) in [6, 6.07) is 1.56. The van der Waals surface area contributed by atoms with Gasteiger partial charge in [-0.25, -0.2) is 27.2 Å². The second-order valence-electron chi connectivity index (χ2n) is 5.41. The van der Waals surface area contributed by atoms with Crippen molar-refractivity contribution in [3.63, 3.8) is 0 Å². The first kappa shape index (κ1) is 20.9. The highest BCUT2D eigenvalue weighted by Crippen LogP contribution is 2.36. The van der Waals surface area contributed by atoms with E-state index in [9.17, 15) is 27.2 Å². The molecule has 2 aromatic rings. The van der Waals surface area contributed by atoms with Crippen molar-refractivity contribution in [1.29, 1.82) is 0 Å². The lowest BCUT2D eigenvalue weighted by atomic mass is 9.92. The van der Waals surface area contributed by atoms with Crippen LogP contribution in [0.25, 0.3) is 11.1 Å². The van der Waals surface area contributed by atoms with Crippen LogP contribution in [0, 0.1) is 30.2 Å². The molecule has 0 bridgehead atoms. The molecule has 0 amide bonds. The number of hydrogen-bond donors (Lipinski definition) is 0. The first-order valence-corrected chi connectivity index (χ1v) is 8.54. The Balaban J connectivity index is 2.83. The topological polar surface area (TPSA) is 52.6 Å². The van der Waals surface area contributed by atoms with Gasteiger partial charge in [0.25, 0.3) is 0 Å². The smallest absolute Gasteiger partial charge is 0.343 e. The summed E-state index contributed by atoms with van der Waals surface area (Å²) in [7, 11) is 1.92. The zero-order valence-electron chi connectivity index (χ0n) is 14.4. The molecule has 0 saturated carbocycles. The number of benzene rings is 2. The fourth-order valence-electron chi connectivity index (χ4n) is 2.61. The Bertz CT molecular complexity index is 944. The maximum atomic E-state index is 14.7. The van der Waals surface area contributed by atoms with Gasteiger partial charge >= 0.3 is 11.9 Å². The van der Waals surface area contributed by atoms with Gasteiger partial charge in [0.1, 0.15) is 34.4 Å². The van der Waals surface area contributed by atoms with Gasteiger partial charge in [-0.3, -0.25) is 0 Å². The van der Waals surface area contributed by atoms with Gasteiger partial charge in [0.15, 0.2) is 0 Å². The van der Waals surface area contributed by atoms with E-state index >= 15 is 0 Å². The lowest BCUT2D eigenvalue weighted by Crippen LogP contribution is -2.13. The SMILES string of the molecule is COC(=O)c1c(F)cc(-c2cc(F)c(C(=O)OC)c(F)c2CBr)c(C)c1F. The van der Waals surface area contributed by atoms with Crippen LogP contribution in [0.1, 0.15) is 31.8 Å². The van der Waals surface area contributed by atoms with Crippen LogP contribution < -0.4 is 0 Å². The Labute approximate surface area is 160 Å². The average molecular weight is 449 g/mol. The fourth-order valence-corrected chi connectivity index (χ4v) is 3.15. The molecule has 4 nitrogen and oxygen atoms in total. The summed E-state index contributed by atoms with van der Waals surface area (Å²) < 4.78 is 66.5. The molecule has 2 aromatic carbocycles. The highest BCUT2D eigenvalue weighted by atomic mass is 79.9. The van der Waals surface area contributed by atoms with Crippen molar-refractivity contribution in [2.45, 2.75) is 12.3 Å². The summed E-state index contributed by atoms with van der Waals surface area (Å²) in [4.78, 5) is 23.2. The van der Waals surface area contributed by atoms with E-state index in [-0.39, 0.29) is 27.6 Å². The third-order valence-corrected chi connectivity index (χ3v) is 4.55. The zero-order valence-corrected chi connectivity index (χ0v) is 16.0. The number of hydrogen-bond acceptors (Lipinski definition) is 4. The van der Waals surface area contributed by atoms with Gasteiger partial charge in [-0.2, -0.15) is 0 Å². The molecule has 0 N–H and O–H groups in total. The van der Waals surface area contributed by atoms with Crippen molar-refractivity contribution in [3.8, 4) is 11.1 Å². The number of carbonyl (C=O) groups excluding carboxylic acids is 2. The number of alkyl halides is 1. The third kappa shape index (κ3) is 3.55. The minimum Gasteiger partial charge on any atom is -0.465 e. The van der Waals surface area contributed by atoms with Crippen molar-refractivity contribution < 1.29 is 36.6 Å². The van der Waals surface area contributed by atoms with Crippen molar-refractivity contribution in [2.75, 3.05) is 14.2 Å². The van der Waals surface area contributed by atoms with E-state index in [1.807, 2.05) is 0 Å². The van der Waals surface area contributed by atoms with Crippen molar-refractivity contribution in [2.24, 2.45) is 0 Å². The molecule has 0 aliphatic carbocycles. The number of methoxy groups -OCH3 is 2. The highest BCUT2D eigenvalue weighted by Gasteiger charge is 2.28. The monoisotopic (exact) mass is 448 g/mol. The maximum absolute atomic E-state index is 14.7. The molecular formula is C18H13BrF4O4. The Morgan fingerprint density at radius 3 is 1.78 bits per heavy atom. The van der Waals surface area contributed by atoms with E-state index < -0.39 is 46.3 Å². The van der Waals surface area contributed by atoms with E-state index in [1.165, 1.54) is 6.92 Å². The predicted molar refractivity (Wildman–Crippen MR) is 91.8 cm³/mol. The summed E-state index contributed by atoms with van der Waals surface area (Å²) in [5.41, 5.74) is -2.61. The lowest BCUT2D eigenvalue weighted by Gasteiger charge is -2.16. The van der Waals surface area contributed by atoms with Gasteiger partial charge in [0.05, 0.1) is 14.2 Å². The van der Waals surface area contributed by atoms with Crippen LogP contribution in [0.15, 0.2) is 12.1 Å². The molecule has 0 spiro atoms. The molecule has 0 aliphatic rings. The molecule has 0 unspecified atom stereocenters. The summed E-state index contributed by atoms with van der Waals surface area (Å²) in [5.74, 6) is -7.39. The predicted octanol–water partition coefficient (Wildman–Crippen LogP) is 4.69. The van der Waals surface area contributed by atoms with Crippen LogP contribution in [-0.4, -0.2) is 26.2 Å². The molecule has 0 aromatic heterocycles. The van der Waals surface area contributed by atoms with Crippen LogP contribution in [-0.2, 0) is 14.8 Å². The molecule has 2 rings (SSSR count). The molecule has 144 valence electrons. The van der Waals surface area contributed by atoms with Crippen LogP contribution in [0.2, 0.25) is 0 Å². The summed E-state index contributed by atoms with van der Waals surface area (Å²) in [5, 5.41) is -0.181. The number of esters is 2. The molecule has 0 heterocycles. The van der Waals surface area contributed by atoms with Crippen molar-refractivity contribution in [3.05, 3.63) is 57.7 Å². The molecule has 0 aliphatic heterocycles. The Hall–Kier alpha value is -2.42. The molecular weight excluding hydrogens is 436 g/mol. The van der Waals surface area contributed by atoms with Crippen LogP contribution in [0.3, 0.4) is 0 Å². The van der Waals surface area contributed by atoms with Crippen LogP contribution in [0.4, 0.5) is 17.6 Å². The van der Waals surface area contributed by atoms with E-state index in [0.29, 0.717) is 0 Å². The minimum absolute atomic E-state index is 0.179. The fraction of sp³-hybridized carbons (Fsp3) is 0.222. The van der Waals surface area contributed by atoms with Gasteiger partial charge in [0, 0.05) is 10.9 Å². The largest absolute Gasteiger partial charge is 0.465 e. The maximum Gasteiger partial charge on any atom is 0.343 e. The van der Waals surface area contributed by atoms with Gasteiger partial charge < -0.3 is 9.47 Å². The van der Waals surface area contributed by atoms with Crippen LogP contribution >= 0.6 is 15.9 Å². The molecule has 9 heteroatoms. The second-order valence-corrected chi connectivity index (χ2v) is 5.97. The van der Waals surface area contributed by atoms with Gasteiger partial charge in [0.2, 0.25) is 0 Å². The molecule has 0 fully saturated rings. The molecule has 0 saturated heterocycles. The molecule has 27 heavy (non-hydrogen) atoms. The number of halogens is 5. The van der Waals surface area contributed by atoms with E-state index in [2.05, 4.69) is 25.4 Å². The first-order chi connectivity index (χ1) is 12.7. The minimum atomic E-state index is -1.25. The second kappa shape index (κ2) is 8.08. The number of rotatable bonds is 4. The molecule has 0 atom stereocenters. The van der Waals surface area contributed by atoms with E-state index in [4.69, 9.17) is 0 Å². The third-order valence-electron chi connectivity index (χ3n) is 3.98. The molecule has 0 radical (unpaired) electrons. The lowest BCUT2D eigenvalue weighted by molar-refractivity contribution is 0.0580. The summed E-state index contributed by atoms with van der Waals surface area (Å²) >= 11 is 3.02. The average Bonchev–Trinajstić information content (AvgIpc) is 2.63. The summed E-state index contributed by atoms with van der Waals surface area (Å²) in [6.45, 7) is 1.22. The Kier molecular flexibility index (Phi) is 6.25. The van der Waals surface area contributed by atoms with Crippen molar-refractivity contribution in [1.82, 2.24) is 0 Å². The van der Waals surface area contributed by atoms with Crippen LogP contribution in [0.5, 0.6) is 0 Å². The summed E-state index contributed by atoms with van der Waals surface area (Å²) in [6.07, 6.45) is 0. The highest BCUT2D eigenvalue weighted by molar-refractivity contribution is 9.08. The number of ether oxygens (including phenoxy) is 2. The zero-order chi connectivity index (χ0) is 20.5.